The zero-order valence-corrected chi connectivity index (χ0v) is 27.8. The lowest BCUT2D eigenvalue weighted by Crippen LogP contribution is -2.20. The van der Waals surface area contributed by atoms with E-state index in [2.05, 4.69) is 159 Å². The molecule has 3 aliphatic carbocycles. The van der Waals surface area contributed by atoms with E-state index in [0.717, 1.165) is 6.42 Å². The van der Waals surface area contributed by atoms with E-state index in [1.54, 1.807) is 0 Å². The van der Waals surface area contributed by atoms with E-state index in [1.807, 2.05) is 0 Å². The zero-order valence-electron chi connectivity index (χ0n) is 27.8. The van der Waals surface area contributed by atoms with Gasteiger partial charge in [-0.2, -0.15) is 0 Å². The number of anilines is 6. The Balaban J connectivity index is 1.16. The average molecular weight is 609 g/mol. The monoisotopic (exact) mass is 608 g/mol. The Bertz CT molecular complexity index is 2190. The van der Waals surface area contributed by atoms with E-state index in [1.165, 1.54) is 109 Å². The molecule has 0 amide bonds. The van der Waals surface area contributed by atoms with Crippen LogP contribution in [-0.2, 0) is 31.1 Å². The summed E-state index contributed by atoms with van der Waals surface area (Å²) in [6, 6.07) is 46.1. The second-order valence-electron chi connectivity index (χ2n) is 14.3. The molecule has 0 atom stereocenters. The minimum Gasteiger partial charge on any atom is -0.310 e. The van der Waals surface area contributed by atoms with Crippen molar-refractivity contribution in [2.45, 2.75) is 58.8 Å². The molecule has 0 fully saturated rings. The van der Waals surface area contributed by atoms with Gasteiger partial charge >= 0.3 is 0 Å². The Kier molecular flexibility index (Phi) is 6.27. The van der Waals surface area contributed by atoms with E-state index in [0.29, 0.717) is 0 Å². The van der Waals surface area contributed by atoms with Crippen LogP contribution in [0.15, 0.2) is 121 Å². The molecule has 0 N–H and O–H groups in total. The van der Waals surface area contributed by atoms with Gasteiger partial charge in [0.25, 0.3) is 0 Å². The van der Waals surface area contributed by atoms with Crippen LogP contribution in [0.25, 0.3) is 11.1 Å². The Hall–Kier alpha value is -5.08. The fraction of sp³-hybridized carbons (Fsp3) is 0.200. The van der Waals surface area contributed by atoms with Gasteiger partial charge in [0.15, 0.2) is 0 Å². The quantitative estimate of drug-likeness (QED) is 0.186. The first kappa shape index (κ1) is 28.2. The first-order valence-electron chi connectivity index (χ1n) is 17.1. The number of hydrogen-bond donors (Lipinski definition) is 0. The van der Waals surface area contributed by atoms with Crippen molar-refractivity contribution in [3.8, 4) is 11.1 Å². The van der Waals surface area contributed by atoms with Crippen LogP contribution in [0.1, 0.15) is 58.4 Å². The molecule has 2 heteroatoms. The summed E-state index contributed by atoms with van der Waals surface area (Å²) in [7, 11) is 0. The number of fused-ring (bicyclic) bond motifs is 5. The molecule has 0 aromatic heterocycles. The highest BCUT2D eigenvalue weighted by Gasteiger charge is 2.37. The van der Waals surface area contributed by atoms with Crippen LogP contribution in [0.5, 0.6) is 0 Å². The number of rotatable bonds is 6. The summed E-state index contributed by atoms with van der Waals surface area (Å²) in [5, 5.41) is 0. The van der Waals surface area contributed by atoms with E-state index in [9.17, 15) is 0 Å². The third kappa shape index (κ3) is 4.46. The molecule has 0 bridgehead atoms. The third-order valence-corrected chi connectivity index (χ3v) is 11.0. The second kappa shape index (κ2) is 10.5. The predicted octanol–water partition coefficient (Wildman–Crippen LogP) is 11.7. The second-order valence-corrected chi connectivity index (χ2v) is 14.3. The van der Waals surface area contributed by atoms with Crippen molar-refractivity contribution < 1.29 is 0 Å². The van der Waals surface area contributed by atoms with Gasteiger partial charge in [-0.1, -0.05) is 79.6 Å². The van der Waals surface area contributed by atoms with E-state index < -0.39 is 0 Å². The lowest BCUT2D eigenvalue weighted by Gasteiger charge is -2.33. The topological polar surface area (TPSA) is 6.48 Å². The molecule has 9 rings (SSSR count). The summed E-state index contributed by atoms with van der Waals surface area (Å²) in [6.45, 7) is 9.12. The van der Waals surface area contributed by atoms with Crippen LogP contribution < -0.4 is 9.80 Å². The summed E-state index contributed by atoms with van der Waals surface area (Å²) < 4.78 is 0. The molecule has 0 aliphatic heterocycles. The summed E-state index contributed by atoms with van der Waals surface area (Å²) >= 11 is 0. The van der Waals surface area contributed by atoms with E-state index in [-0.39, 0.29) is 5.41 Å². The van der Waals surface area contributed by atoms with Crippen molar-refractivity contribution in [1.82, 2.24) is 0 Å². The standard InChI is InChI=1S/C45H40N2/c1-29-8-16-34(17-9-29)46(36-20-14-31-12-13-33(31)26-36)37-21-24-40-41-25-22-38(28-43(41)45(3,4)42(40)27-37)47(35-18-10-30(2)11-19-35)44-7-5-6-32-15-23-39(32)44/h5-11,14,16-22,24-28H,12-13,15,23H2,1-4H3. The van der Waals surface area contributed by atoms with Crippen LogP contribution in [-0.4, -0.2) is 0 Å². The Morgan fingerprint density at radius 3 is 1.51 bits per heavy atom. The molecule has 0 unspecified atom stereocenters. The molecule has 0 heterocycles. The van der Waals surface area contributed by atoms with Crippen molar-refractivity contribution in [3.63, 3.8) is 0 Å². The number of nitrogens with zero attached hydrogens (tertiary/aromatic N) is 2. The molecule has 0 spiro atoms. The van der Waals surface area contributed by atoms with Crippen LogP contribution in [0, 0.1) is 13.8 Å². The summed E-state index contributed by atoms with van der Waals surface area (Å²) in [5.74, 6) is 0. The van der Waals surface area contributed by atoms with Gasteiger partial charge in [-0.15, -0.1) is 0 Å². The zero-order chi connectivity index (χ0) is 31.9. The molecule has 0 radical (unpaired) electrons. The van der Waals surface area contributed by atoms with E-state index in [4.69, 9.17) is 0 Å². The highest BCUT2D eigenvalue weighted by Crippen LogP contribution is 2.53. The highest BCUT2D eigenvalue weighted by molar-refractivity contribution is 5.89. The average Bonchev–Trinajstić information content (AvgIpc) is 3.27. The normalized spacial score (nSPS) is 14.6. The lowest BCUT2D eigenvalue weighted by molar-refractivity contribution is 0.660. The van der Waals surface area contributed by atoms with Gasteiger partial charge < -0.3 is 9.80 Å². The van der Waals surface area contributed by atoms with Gasteiger partial charge in [-0.3, -0.25) is 0 Å². The van der Waals surface area contributed by atoms with Crippen LogP contribution >= 0.6 is 0 Å². The number of benzene rings is 6. The molecule has 230 valence electrons. The van der Waals surface area contributed by atoms with E-state index >= 15 is 0 Å². The first-order valence-corrected chi connectivity index (χ1v) is 17.1. The van der Waals surface area contributed by atoms with Crippen LogP contribution in [0.4, 0.5) is 34.1 Å². The SMILES string of the molecule is Cc1ccc(N(c2ccc3c(c2)CC3)c2ccc3c(c2)C(C)(C)c2cc(N(c4ccc(C)cc4)c4cccc5c4CC5)ccc2-3)cc1. The molecular weight excluding hydrogens is 569 g/mol. The predicted molar refractivity (Wildman–Crippen MR) is 198 cm³/mol. The maximum Gasteiger partial charge on any atom is 0.0496 e. The maximum absolute atomic E-state index is 2.48. The molecule has 0 saturated heterocycles. The summed E-state index contributed by atoms with van der Waals surface area (Å²) in [6.07, 6.45) is 4.68. The van der Waals surface area contributed by atoms with Crippen molar-refractivity contribution >= 4 is 34.1 Å². The number of hydrogen-bond acceptors (Lipinski definition) is 2. The third-order valence-electron chi connectivity index (χ3n) is 11.0. The van der Waals surface area contributed by atoms with Crippen molar-refractivity contribution in [2.24, 2.45) is 0 Å². The molecule has 6 aromatic rings. The van der Waals surface area contributed by atoms with Gasteiger partial charge in [-0.25, -0.2) is 0 Å². The van der Waals surface area contributed by atoms with Gasteiger partial charge in [0, 0.05) is 39.5 Å². The molecule has 2 nitrogen and oxygen atoms in total. The van der Waals surface area contributed by atoms with Gasteiger partial charge in [0.2, 0.25) is 0 Å². The Morgan fingerprint density at radius 1 is 0.447 bits per heavy atom. The Morgan fingerprint density at radius 2 is 0.957 bits per heavy atom. The summed E-state index contributed by atoms with van der Waals surface area (Å²) in [4.78, 5) is 4.92. The smallest absolute Gasteiger partial charge is 0.0496 e. The Labute approximate surface area is 279 Å². The number of aryl methyl sites for hydroxylation is 5. The molecule has 47 heavy (non-hydrogen) atoms. The fourth-order valence-corrected chi connectivity index (χ4v) is 8.01. The largest absolute Gasteiger partial charge is 0.310 e. The molecule has 3 aliphatic rings. The van der Waals surface area contributed by atoms with Gasteiger partial charge in [-0.05, 0) is 151 Å². The first-order chi connectivity index (χ1) is 22.8. The molecule has 6 aromatic carbocycles. The minimum atomic E-state index is -0.156. The summed E-state index contributed by atoms with van der Waals surface area (Å²) in [5.41, 5.74) is 21.1. The minimum absolute atomic E-state index is 0.156. The highest BCUT2D eigenvalue weighted by atomic mass is 15.1. The fourth-order valence-electron chi connectivity index (χ4n) is 8.01. The molecular formula is C45H40N2. The maximum atomic E-state index is 2.48. The van der Waals surface area contributed by atoms with Crippen molar-refractivity contribution in [2.75, 3.05) is 9.80 Å². The van der Waals surface area contributed by atoms with Gasteiger partial charge in [0.1, 0.15) is 0 Å². The van der Waals surface area contributed by atoms with Crippen molar-refractivity contribution in [1.29, 1.82) is 0 Å². The van der Waals surface area contributed by atoms with Crippen molar-refractivity contribution in [3.05, 3.63) is 166 Å². The lowest BCUT2D eigenvalue weighted by atomic mass is 9.82. The van der Waals surface area contributed by atoms with Crippen LogP contribution in [0.3, 0.4) is 0 Å². The molecule has 0 saturated carbocycles. The van der Waals surface area contributed by atoms with Crippen LogP contribution in [0.2, 0.25) is 0 Å². The van der Waals surface area contributed by atoms with Gasteiger partial charge in [0.05, 0.1) is 0 Å².